The van der Waals surface area contributed by atoms with Crippen LogP contribution < -0.4 is 5.73 Å². The number of rotatable bonds is 2. The number of aliphatic imine (C=N–C) groups is 1. The third-order valence-corrected chi connectivity index (χ3v) is 2.19. The Morgan fingerprint density at radius 1 is 1.60 bits per heavy atom. The average molecular weight is 272 g/mol. The van der Waals surface area contributed by atoms with Gasteiger partial charge in [0, 0.05) is 10.5 Å². The monoisotopic (exact) mass is 271 g/mol. The molecule has 0 unspecified atom stereocenters. The van der Waals surface area contributed by atoms with E-state index in [0.717, 1.165) is 0 Å². The molecule has 0 saturated carbocycles. The first-order chi connectivity index (χ1) is 6.91. The van der Waals surface area contributed by atoms with Crippen molar-refractivity contribution in [1.29, 1.82) is 0 Å². The van der Waals surface area contributed by atoms with Crippen LogP contribution in [0.15, 0.2) is 21.6 Å². The van der Waals surface area contributed by atoms with Crippen LogP contribution in [0.25, 0.3) is 0 Å². The Balaban J connectivity index is 3.47. The van der Waals surface area contributed by atoms with Crippen LogP contribution in [-0.2, 0) is 0 Å². The molecule has 1 rings (SSSR count). The first kappa shape index (κ1) is 11.6. The molecule has 1 aromatic carbocycles. The minimum absolute atomic E-state index is 0.0494. The topological polar surface area (TPSA) is 81.5 Å². The Morgan fingerprint density at radius 3 is 2.67 bits per heavy atom. The molecule has 6 heteroatoms. The normalized spacial score (nSPS) is 11.5. The lowest BCUT2D eigenvalue weighted by Crippen LogP contribution is -2.04. The van der Waals surface area contributed by atoms with Gasteiger partial charge in [0.05, 0.1) is 10.8 Å². The Labute approximate surface area is 95.3 Å². The Hall–Kier alpha value is -1.43. The Kier molecular flexibility index (Phi) is 3.41. The molecule has 0 fully saturated rings. The number of nitrogens with two attached hydrogens (primary N) is 1. The molecule has 0 aliphatic rings. The number of hydrogen-bond acceptors (Lipinski definition) is 3. The molecule has 1 aromatic rings. The van der Waals surface area contributed by atoms with Crippen molar-refractivity contribution in [2.75, 3.05) is 0 Å². The number of nitro benzene ring substituents is 1. The van der Waals surface area contributed by atoms with E-state index in [2.05, 4.69) is 20.9 Å². The van der Waals surface area contributed by atoms with Crippen LogP contribution in [0.5, 0.6) is 0 Å². The summed E-state index contributed by atoms with van der Waals surface area (Å²) in [6.07, 6.45) is 0. The average Bonchev–Trinajstić information content (AvgIpc) is 2.08. The Morgan fingerprint density at radius 2 is 2.20 bits per heavy atom. The molecule has 0 atom stereocenters. The largest absolute Gasteiger partial charge is 0.387 e. The SMILES string of the molecule is C/C(N)=N/c1c(C)cc(Br)cc1[N+](=O)[O-]. The number of nitro groups is 1. The summed E-state index contributed by atoms with van der Waals surface area (Å²) in [5.74, 6) is 0.295. The molecule has 0 heterocycles. The first-order valence-corrected chi connectivity index (χ1v) is 4.96. The van der Waals surface area contributed by atoms with Gasteiger partial charge in [-0.1, -0.05) is 15.9 Å². The highest BCUT2D eigenvalue weighted by molar-refractivity contribution is 9.10. The second-order valence-corrected chi connectivity index (χ2v) is 4.02. The van der Waals surface area contributed by atoms with E-state index >= 15 is 0 Å². The summed E-state index contributed by atoms with van der Waals surface area (Å²) in [5.41, 5.74) is 6.38. The quantitative estimate of drug-likeness (QED) is 0.389. The zero-order valence-corrected chi connectivity index (χ0v) is 9.91. The van der Waals surface area contributed by atoms with E-state index < -0.39 is 4.92 Å². The van der Waals surface area contributed by atoms with Gasteiger partial charge >= 0.3 is 0 Å². The van der Waals surface area contributed by atoms with Gasteiger partial charge in [0.1, 0.15) is 5.69 Å². The molecule has 2 N–H and O–H groups in total. The zero-order chi connectivity index (χ0) is 11.6. The minimum atomic E-state index is -0.473. The maximum atomic E-state index is 10.8. The van der Waals surface area contributed by atoms with E-state index in [0.29, 0.717) is 21.6 Å². The molecular weight excluding hydrogens is 262 g/mol. The van der Waals surface area contributed by atoms with E-state index in [4.69, 9.17) is 5.73 Å². The minimum Gasteiger partial charge on any atom is -0.387 e. The number of amidine groups is 1. The van der Waals surface area contributed by atoms with Crippen LogP contribution in [0.1, 0.15) is 12.5 Å². The molecule has 5 nitrogen and oxygen atoms in total. The summed E-state index contributed by atoms with van der Waals surface area (Å²) < 4.78 is 0.653. The van der Waals surface area contributed by atoms with Gasteiger partial charge in [-0.3, -0.25) is 10.1 Å². The van der Waals surface area contributed by atoms with Crippen molar-refractivity contribution in [3.8, 4) is 0 Å². The van der Waals surface area contributed by atoms with Crippen molar-refractivity contribution in [1.82, 2.24) is 0 Å². The fraction of sp³-hybridized carbons (Fsp3) is 0.222. The molecule has 0 radical (unpaired) electrons. The highest BCUT2D eigenvalue weighted by Crippen LogP contribution is 2.34. The number of nitrogens with zero attached hydrogens (tertiary/aromatic N) is 2. The molecule has 0 spiro atoms. The van der Waals surface area contributed by atoms with Gasteiger partial charge in [-0.25, -0.2) is 4.99 Å². The van der Waals surface area contributed by atoms with Gasteiger partial charge in [0.2, 0.25) is 0 Å². The van der Waals surface area contributed by atoms with Gasteiger partial charge in [0.25, 0.3) is 5.69 Å². The first-order valence-electron chi connectivity index (χ1n) is 4.17. The molecule has 0 amide bonds. The van der Waals surface area contributed by atoms with Crippen molar-refractivity contribution in [3.05, 3.63) is 32.3 Å². The van der Waals surface area contributed by atoms with E-state index in [-0.39, 0.29) is 5.69 Å². The summed E-state index contributed by atoms with van der Waals surface area (Å²) >= 11 is 3.20. The highest BCUT2D eigenvalue weighted by atomic mass is 79.9. The predicted molar refractivity (Wildman–Crippen MR) is 62.5 cm³/mol. The summed E-state index contributed by atoms with van der Waals surface area (Å²) in [5, 5.41) is 10.8. The maximum absolute atomic E-state index is 10.8. The summed E-state index contributed by atoms with van der Waals surface area (Å²) in [6.45, 7) is 3.34. The standard InChI is InChI=1S/C9H10BrN3O2/c1-5-3-7(10)4-8(13(14)15)9(5)12-6(2)11/h3-4H,1-2H3,(H2,11,12). The number of benzene rings is 1. The number of hydrogen-bond donors (Lipinski definition) is 1. The highest BCUT2D eigenvalue weighted by Gasteiger charge is 2.16. The lowest BCUT2D eigenvalue weighted by Gasteiger charge is -2.03. The maximum Gasteiger partial charge on any atom is 0.296 e. The summed E-state index contributed by atoms with van der Waals surface area (Å²) in [6, 6.07) is 3.17. The lowest BCUT2D eigenvalue weighted by atomic mass is 10.2. The smallest absolute Gasteiger partial charge is 0.296 e. The van der Waals surface area contributed by atoms with E-state index in [1.807, 2.05) is 0 Å². The molecule has 80 valence electrons. The van der Waals surface area contributed by atoms with Crippen LogP contribution in [0.2, 0.25) is 0 Å². The van der Waals surface area contributed by atoms with Gasteiger partial charge in [-0.15, -0.1) is 0 Å². The van der Waals surface area contributed by atoms with Crippen LogP contribution in [0.4, 0.5) is 11.4 Å². The summed E-state index contributed by atoms with van der Waals surface area (Å²) in [4.78, 5) is 14.3. The molecule has 0 bridgehead atoms. The van der Waals surface area contributed by atoms with Crippen molar-refractivity contribution in [2.45, 2.75) is 13.8 Å². The van der Waals surface area contributed by atoms with Crippen LogP contribution >= 0.6 is 15.9 Å². The molecule has 0 aliphatic heterocycles. The molecule has 0 aromatic heterocycles. The van der Waals surface area contributed by atoms with Crippen molar-refractivity contribution >= 4 is 33.1 Å². The van der Waals surface area contributed by atoms with Crippen molar-refractivity contribution < 1.29 is 4.92 Å². The van der Waals surface area contributed by atoms with E-state index in [9.17, 15) is 10.1 Å². The zero-order valence-electron chi connectivity index (χ0n) is 8.32. The Bertz CT molecular complexity index is 439. The van der Waals surface area contributed by atoms with Crippen molar-refractivity contribution in [2.24, 2.45) is 10.7 Å². The van der Waals surface area contributed by atoms with Gasteiger partial charge in [-0.2, -0.15) is 0 Å². The predicted octanol–water partition coefficient (Wildman–Crippen LogP) is 2.67. The van der Waals surface area contributed by atoms with Gasteiger partial charge < -0.3 is 5.73 Å². The molecule has 0 aliphatic carbocycles. The molecular formula is C9H10BrN3O2. The third kappa shape index (κ3) is 2.76. The van der Waals surface area contributed by atoms with Gasteiger partial charge in [0.15, 0.2) is 0 Å². The van der Waals surface area contributed by atoms with Crippen LogP contribution in [-0.4, -0.2) is 10.8 Å². The number of halogens is 1. The summed E-state index contributed by atoms with van der Waals surface area (Å²) in [7, 11) is 0. The third-order valence-electron chi connectivity index (χ3n) is 1.73. The van der Waals surface area contributed by atoms with Gasteiger partial charge in [-0.05, 0) is 25.5 Å². The fourth-order valence-electron chi connectivity index (χ4n) is 1.18. The van der Waals surface area contributed by atoms with Crippen LogP contribution in [0.3, 0.4) is 0 Å². The van der Waals surface area contributed by atoms with Crippen LogP contribution in [0, 0.1) is 17.0 Å². The second-order valence-electron chi connectivity index (χ2n) is 3.10. The number of aryl methyl sites for hydroxylation is 1. The lowest BCUT2D eigenvalue weighted by molar-refractivity contribution is -0.384. The van der Waals surface area contributed by atoms with Crippen molar-refractivity contribution in [3.63, 3.8) is 0 Å². The van der Waals surface area contributed by atoms with E-state index in [1.165, 1.54) is 6.07 Å². The van der Waals surface area contributed by atoms with E-state index in [1.54, 1.807) is 19.9 Å². The molecule has 0 saturated heterocycles. The fourth-order valence-corrected chi connectivity index (χ4v) is 1.74. The molecule has 15 heavy (non-hydrogen) atoms. The second kappa shape index (κ2) is 4.39.